The van der Waals surface area contributed by atoms with Crippen LogP contribution >= 0.6 is 11.6 Å². The van der Waals surface area contributed by atoms with E-state index in [1.54, 1.807) is 36.4 Å². The molecule has 0 aliphatic heterocycles. The number of anilines is 2. The molecule has 3 rings (SSSR count). The number of carbonyl (C=O) groups is 1. The summed E-state index contributed by atoms with van der Waals surface area (Å²) in [5.74, 6) is 0.355. The summed E-state index contributed by atoms with van der Waals surface area (Å²) in [4.78, 5) is 12.4. The highest BCUT2D eigenvalue weighted by Crippen LogP contribution is 2.20. The van der Waals surface area contributed by atoms with E-state index < -0.39 is 10.0 Å². The largest absolute Gasteiger partial charge is 0.326 e. The molecule has 0 saturated heterocycles. The Hall–Kier alpha value is -2.83. The van der Waals surface area contributed by atoms with Crippen LogP contribution in [-0.4, -0.2) is 14.3 Å². The number of rotatable bonds is 8. The number of nitrogens with one attached hydrogen (secondary N) is 2. The molecular formula is C24H25ClN2O3S. The van der Waals surface area contributed by atoms with Crippen molar-refractivity contribution >= 4 is 38.9 Å². The van der Waals surface area contributed by atoms with E-state index in [9.17, 15) is 13.2 Å². The summed E-state index contributed by atoms with van der Waals surface area (Å²) in [6.07, 6.45) is 0.987. The normalized spacial score (nSPS) is 11.4. The van der Waals surface area contributed by atoms with E-state index in [4.69, 9.17) is 11.6 Å². The van der Waals surface area contributed by atoms with Gasteiger partial charge in [0, 0.05) is 22.8 Å². The minimum atomic E-state index is -3.73. The number of amides is 1. The first-order chi connectivity index (χ1) is 14.7. The molecule has 0 aliphatic carbocycles. The van der Waals surface area contributed by atoms with Gasteiger partial charge in [0.15, 0.2) is 0 Å². The maximum Gasteiger partial charge on any atom is 0.261 e. The highest BCUT2D eigenvalue weighted by Gasteiger charge is 2.14. The summed E-state index contributed by atoms with van der Waals surface area (Å²) in [7, 11) is -3.73. The molecule has 1 amide bonds. The number of aryl methyl sites for hydroxylation is 1. The lowest BCUT2D eigenvalue weighted by atomic mass is 10.0. The molecule has 3 aromatic rings. The molecule has 0 saturated carbocycles. The quantitative estimate of drug-likeness (QED) is 0.447. The number of sulfonamides is 1. The highest BCUT2D eigenvalue weighted by atomic mass is 35.5. The predicted molar refractivity (Wildman–Crippen MR) is 126 cm³/mol. The Kier molecular flexibility index (Phi) is 7.36. The van der Waals surface area contributed by atoms with Crippen molar-refractivity contribution in [2.45, 2.75) is 37.5 Å². The van der Waals surface area contributed by atoms with Gasteiger partial charge in [0.2, 0.25) is 5.91 Å². The van der Waals surface area contributed by atoms with Gasteiger partial charge in [0.25, 0.3) is 10.0 Å². The lowest BCUT2D eigenvalue weighted by molar-refractivity contribution is -0.116. The smallest absolute Gasteiger partial charge is 0.261 e. The summed E-state index contributed by atoms with van der Waals surface area (Å²) < 4.78 is 27.5. The van der Waals surface area contributed by atoms with Gasteiger partial charge in [-0.05, 0) is 72.0 Å². The predicted octanol–water partition coefficient (Wildman–Crippen LogP) is 5.84. The third-order valence-electron chi connectivity index (χ3n) is 4.83. The van der Waals surface area contributed by atoms with Crippen LogP contribution in [0.15, 0.2) is 77.7 Å². The summed E-state index contributed by atoms with van der Waals surface area (Å²) in [5, 5.41) is 3.33. The van der Waals surface area contributed by atoms with E-state index in [2.05, 4.69) is 48.2 Å². The first-order valence-electron chi connectivity index (χ1n) is 10.00. The maximum absolute atomic E-state index is 12.5. The van der Waals surface area contributed by atoms with Gasteiger partial charge in [0.05, 0.1) is 4.90 Å². The molecule has 31 heavy (non-hydrogen) atoms. The molecule has 0 heterocycles. The van der Waals surface area contributed by atoms with E-state index in [-0.39, 0.29) is 10.8 Å². The van der Waals surface area contributed by atoms with Crippen molar-refractivity contribution in [1.29, 1.82) is 0 Å². The maximum atomic E-state index is 12.5. The van der Waals surface area contributed by atoms with E-state index in [0.717, 1.165) is 5.56 Å². The molecule has 2 N–H and O–H groups in total. The Morgan fingerprint density at radius 2 is 1.45 bits per heavy atom. The van der Waals surface area contributed by atoms with Crippen molar-refractivity contribution in [3.05, 3.63) is 88.9 Å². The van der Waals surface area contributed by atoms with Crippen LogP contribution in [-0.2, 0) is 21.2 Å². The van der Waals surface area contributed by atoms with Crippen molar-refractivity contribution < 1.29 is 13.2 Å². The van der Waals surface area contributed by atoms with Crippen LogP contribution in [0.5, 0.6) is 0 Å². The van der Waals surface area contributed by atoms with Gasteiger partial charge < -0.3 is 5.32 Å². The second-order valence-electron chi connectivity index (χ2n) is 7.58. The molecule has 0 fully saturated rings. The molecule has 5 nitrogen and oxygen atoms in total. The minimum absolute atomic E-state index is 0.102. The van der Waals surface area contributed by atoms with Gasteiger partial charge in [-0.1, -0.05) is 49.7 Å². The third kappa shape index (κ3) is 6.57. The lowest BCUT2D eigenvalue weighted by Gasteiger charge is -2.10. The van der Waals surface area contributed by atoms with Crippen LogP contribution in [0, 0.1) is 0 Å². The Balaban J connectivity index is 1.55. The Bertz CT molecular complexity index is 1120. The minimum Gasteiger partial charge on any atom is -0.326 e. The van der Waals surface area contributed by atoms with E-state index in [1.807, 2.05) is 0 Å². The van der Waals surface area contributed by atoms with Crippen molar-refractivity contribution in [3.63, 3.8) is 0 Å². The van der Waals surface area contributed by atoms with E-state index in [1.165, 1.54) is 17.7 Å². The van der Waals surface area contributed by atoms with Gasteiger partial charge in [0.1, 0.15) is 0 Å². The number of halogens is 1. The van der Waals surface area contributed by atoms with Crippen LogP contribution in [0.2, 0.25) is 5.02 Å². The topological polar surface area (TPSA) is 75.3 Å². The van der Waals surface area contributed by atoms with Gasteiger partial charge in [-0.2, -0.15) is 0 Å². The molecular weight excluding hydrogens is 432 g/mol. The van der Waals surface area contributed by atoms with Crippen molar-refractivity contribution in [1.82, 2.24) is 0 Å². The Morgan fingerprint density at radius 1 is 0.871 bits per heavy atom. The average molecular weight is 457 g/mol. The lowest BCUT2D eigenvalue weighted by Crippen LogP contribution is -2.14. The first-order valence-corrected chi connectivity index (χ1v) is 11.9. The van der Waals surface area contributed by atoms with Gasteiger partial charge in [-0.15, -0.1) is 0 Å². The monoisotopic (exact) mass is 456 g/mol. The Labute approximate surface area is 188 Å². The number of hydrogen-bond acceptors (Lipinski definition) is 3. The van der Waals surface area contributed by atoms with Crippen LogP contribution < -0.4 is 10.0 Å². The molecule has 0 aromatic heterocycles. The molecule has 162 valence electrons. The fraction of sp³-hybridized carbons (Fsp3) is 0.208. The second-order valence-corrected chi connectivity index (χ2v) is 9.70. The van der Waals surface area contributed by atoms with Crippen LogP contribution in [0.25, 0.3) is 0 Å². The standard InChI is InChI=1S/C24H25ClN2O3S/c1-17(2)19-6-3-18(4-7-19)5-16-24(28)26-21-12-14-23(15-13-21)31(29,30)27-22-10-8-20(25)9-11-22/h3-4,6-15,17,27H,5,16H2,1-2H3,(H,26,28). The first kappa shape index (κ1) is 22.8. The average Bonchev–Trinajstić information content (AvgIpc) is 2.74. The molecule has 0 atom stereocenters. The molecule has 0 radical (unpaired) electrons. The molecule has 0 aliphatic rings. The van der Waals surface area contributed by atoms with Gasteiger partial charge in [-0.25, -0.2) is 8.42 Å². The summed E-state index contributed by atoms with van der Waals surface area (Å²) in [6.45, 7) is 4.29. The molecule has 0 unspecified atom stereocenters. The second kappa shape index (κ2) is 9.98. The van der Waals surface area contributed by atoms with Crippen LogP contribution in [0.4, 0.5) is 11.4 Å². The SMILES string of the molecule is CC(C)c1ccc(CCC(=O)Nc2ccc(S(=O)(=O)Nc3ccc(Cl)cc3)cc2)cc1. The van der Waals surface area contributed by atoms with Gasteiger partial charge >= 0.3 is 0 Å². The third-order valence-corrected chi connectivity index (χ3v) is 6.48. The summed E-state index contributed by atoms with van der Waals surface area (Å²) >= 11 is 5.82. The molecule has 3 aromatic carbocycles. The van der Waals surface area contributed by atoms with Gasteiger partial charge in [-0.3, -0.25) is 9.52 Å². The summed E-state index contributed by atoms with van der Waals surface area (Å²) in [6, 6.07) is 20.7. The van der Waals surface area contributed by atoms with E-state index >= 15 is 0 Å². The number of carbonyl (C=O) groups excluding carboxylic acids is 1. The number of hydrogen-bond donors (Lipinski definition) is 2. The van der Waals surface area contributed by atoms with Crippen LogP contribution in [0.1, 0.15) is 37.3 Å². The highest BCUT2D eigenvalue weighted by molar-refractivity contribution is 7.92. The van der Waals surface area contributed by atoms with Crippen LogP contribution in [0.3, 0.4) is 0 Å². The fourth-order valence-corrected chi connectivity index (χ4v) is 4.18. The van der Waals surface area contributed by atoms with E-state index in [0.29, 0.717) is 35.2 Å². The summed E-state index contributed by atoms with van der Waals surface area (Å²) in [5.41, 5.74) is 3.34. The fourth-order valence-electron chi connectivity index (χ4n) is 3.00. The zero-order valence-corrected chi connectivity index (χ0v) is 19.0. The molecule has 7 heteroatoms. The number of benzene rings is 3. The van der Waals surface area contributed by atoms with Crippen molar-refractivity contribution in [2.24, 2.45) is 0 Å². The van der Waals surface area contributed by atoms with Crippen molar-refractivity contribution in [3.8, 4) is 0 Å². The Morgan fingerprint density at radius 3 is 2.03 bits per heavy atom. The zero-order chi connectivity index (χ0) is 22.4. The molecule has 0 bridgehead atoms. The zero-order valence-electron chi connectivity index (χ0n) is 17.4. The molecule has 0 spiro atoms. The van der Waals surface area contributed by atoms with Crippen molar-refractivity contribution in [2.75, 3.05) is 10.0 Å².